The maximum atomic E-state index is 5.97. The van der Waals surface area contributed by atoms with Crippen LogP contribution in [0.3, 0.4) is 0 Å². The van der Waals surface area contributed by atoms with E-state index in [1.54, 1.807) is 0 Å². The Balaban J connectivity index is 2.55. The molecule has 2 N–H and O–H groups in total. The van der Waals surface area contributed by atoms with Gasteiger partial charge in [-0.3, -0.25) is 0 Å². The van der Waals surface area contributed by atoms with Crippen LogP contribution in [-0.2, 0) is 19.3 Å². The summed E-state index contributed by atoms with van der Waals surface area (Å²) >= 11 is 3.56. The summed E-state index contributed by atoms with van der Waals surface area (Å²) in [5.74, 6) is 0. The zero-order chi connectivity index (χ0) is 14.7. The highest BCUT2D eigenvalue weighted by Gasteiger charge is 2.13. The van der Waals surface area contributed by atoms with E-state index in [9.17, 15) is 0 Å². The molecule has 0 bridgehead atoms. The van der Waals surface area contributed by atoms with Gasteiger partial charge in [-0.15, -0.1) is 0 Å². The van der Waals surface area contributed by atoms with Crippen LogP contribution in [0.4, 0.5) is 0 Å². The van der Waals surface area contributed by atoms with Crippen molar-refractivity contribution in [1.29, 1.82) is 0 Å². The zero-order valence-corrected chi connectivity index (χ0v) is 13.9. The fraction of sp³-hybridized carbons (Fsp3) is 0.438. The molecule has 1 atom stereocenters. The molecule has 0 spiro atoms. The highest BCUT2D eigenvalue weighted by Crippen LogP contribution is 2.23. The summed E-state index contributed by atoms with van der Waals surface area (Å²) in [4.78, 5) is 0. The third kappa shape index (κ3) is 3.30. The molecule has 20 heavy (non-hydrogen) atoms. The lowest BCUT2D eigenvalue weighted by Gasteiger charge is -2.14. The molecule has 0 radical (unpaired) electrons. The summed E-state index contributed by atoms with van der Waals surface area (Å²) in [6.07, 6.45) is 2.78. The first-order valence-corrected chi connectivity index (χ1v) is 7.96. The molecule has 0 saturated heterocycles. The smallest absolute Gasteiger partial charge is 0.0692 e. The van der Waals surface area contributed by atoms with E-state index < -0.39 is 0 Å². The fourth-order valence-electron chi connectivity index (χ4n) is 2.36. The number of halogens is 1. The van der Waals surface area contributed by atoms with Crippen molar-refractivity contribution >= 4 is 15.9 Å². The van der Waals surface area contributed by atoms with Gasteiger partial charge in [-0.1, -0.05) is 35.8 Å². The van der Waals surface area contributed by atoms with Crippen molar-refractivity contribution in [3.8, 4) is 5.69 Å². The largest absolute Gasteiger partial charge is 0.328 e. The highest BCUT2D eigenvalue weighted by molar-refractivity contribution is 9.10. The predicted molar refractivity (Wildman–Crippen MR) is 87.4 cm³/mol. The lowest BCUT2D eigenvalue weighted by molar-refractivity contribution is 0.719. The summed E-state index contributed by atoms with van der Waals surface area (Å²) in [6, 6.07) is 8.66. The van der Waals surface area contributed by atoms with Gasteiger partial charge in [0, 0.05) is 16.2 Å². The number of rotatable bonds is 5. The number of aromatic nitrogens is 2. The van der Waals surface area contributed by atoms with Crippen LogP contribution < -0.4 is 5.73 Å². The second-order valence-corrected chi connectivity index (χ2v) is 6.12. The lowest BCUT2D eigenvalue weighted by atomic mass is 10.1. The molecule has 0 aliphatic heterocycles. The minimum atomic E-state index is 0.140. The number of nitrogens with two attached hydrogens (primary N) is 1. The Labute approximate surface area is 129 Å². The first-order chi connectivity index (χ1) is 9.55. The van der Waals surface area contributed by atoms with Crippen molar-refractivity contribution in [2.45, 2.75) is 46.1 Å². The topological polar surface area (TPSA) is 43.8 Å². The molecule has 2 aromatic rings. The van der Waals surface area contributed by atoms with Crippen molar-refractivity contribution in [1.82, 2.24) is 9.78 Å². The molecular weight excluding hydrogens is 314 g/mol. The maximum Gasteiger partial charge on any atom is 0.0692 e. The Morgan fingerprint density at radius 3 is 2.60 bits per heavy atom. The average molecular weight is 336 g/mol. The maximum absolute atomic E-state index is 5.97. The quantitative estimate of drug-likeness (QED) is 0.906. The van der Waals surface area contributed by atoms with Crippen LogP contribution in [0.15, 0.2) is 28.7 Å². The molecule has 1 aromatic heterocycles. The second-order valence-electron chi connectivity index (χ2n) is 5.20. The lowest BCUT2D eigenvalue weighted by Crippen LogP contribution is -2.19. The molecule has 0 aliphatic carbocycles. The van der Waals surface area contributed by atoms with Crippen molar-refractivity contribution in [3.05, 3.63) is 45.7 Å². The highest BCUT2D eigenvalue weighted by atomic mass is 79.9. The standard InChI is InChI=1S/C16H22BrN3/c1-4-14-10-15(5-2)20(19-14)16-9-13(17)7-6-12(16)8-11(3)18/h6-7,9-11H,4-5,8,18H2,1-3H3. The fourth-order valence-corrected chi connectivity index (χ4v) is 2.71. The van der Waals surface area contributed by atoms with Crippen LogP contribution in [0.5, 0.6) is 0 Å². The van der Waals surface area contributed by atoms with Gasteiger partial charge in [-0.2, -0.15) is 5.10 Å². The monoisotopic (exact) mass is 335 g/mol. The molecule has 4 heteroatoms. The summed E-state index contributed by atoms with van der Waals surface area (Å²) in [6.45, 7) is 6.33. The van der Waals surface area contributed by atoms with Gasteiger partial charge in [-0.05, 0) is 49.9 Å². The van der Waals surface area contributed by atoms with Crippen LogP contribution in [-0.4, -0.2) is 15.8 Å². The van der Waals surface area contributed by atoms with Crippen molar-refractivity contribution in [2.75, 3.05) is 0 Å². The molecule has 2 rings (SSSR count). The van der Waals surface area contributed by atoms with Gasteiger partial charge in [0.05, 0.1) is 11.4 Å². The molecule has 1 aromatic carbocycles. The summed E-state index contributed by atoms with van der Waals surface area (Å²) < 4.78 is 3.14. The van der Waals surface area contributed by atoms with E-state index in [4.69, 9.17) is 10.8 Å². The van der Waals surface area contributed by atoms with Gasteiger partial charge in [-0.25, -0.2) is 4.68 Å². The molecule has 3 nitrogen and oxygen atoms in total. The molecule has 0 saturated carbocycles. The summed E-state index contributed by atoms with van der Waals surface area (Å²) in [7, 11) is 0. The van der Waals surface area contributed by atoms with Gasteiger partial charge >= 0.3 is 0 Å². The number of hydrogen-bond donors (Lipinski definition) is 1. The number of hydrogen-bond acceptors (Lipinski definition) is 2. The van der Waals surface area contributed by atoms with Gasteiger partial charge in [0.1, 0.15) is 0 Å². The molecule has 0 aliphatic rings. The first-order valence-electron chi connectivity index (χ1n) is 7.17. The Bertz CT molecular complexity index is 587. The number of nitrogens with zero attached hydrogens (tertiary/aromatic N) is 2. The van der Waals surface area contributed by atoms with Gasteiger partial charge in [0.15, 0.2) is 0 Å². The molecule has 0 fully saturated rings. The van der Waals surface area contributed by atoms with Gasteiger partial charge < -0.3 is 5.73 Å². The average Bonchev–Trinajstić information content (AvgIpc) is 2.83. The second kappa shape index (κ2) is 6.55. The van der Waals surface area contributed by atoms with Crippen LogP contribution in [0.1, 0.15) is 37.7 Å². The van der Waals surface area contributed by atoms with Crippen LogP contribution in [0, 0.1) is 0 Å². The van der Waals surface area contributed by atoms with Crippen molar-refractivity contribution < 1.29 is 0 Å². The SMILES string of the molecule is CCc1cc(CC)n(-c2cc(Br)ccc2CC(C)N)n1. The Morgan fingerprint density at radius 1 is 1.25 bits per heavy atom. The van der Waals surface area contributed by atoms with Crippen molar-refractivity contribution in [2.24, 2.45) is 5.73 Å². The van der Waals surface area contributed by atoms with E-state index in [2.05, 4.69) is 58.7 Å². The summed E-state index contributed by atoms with van der Waals surface area (Å²) in [5.41, 5.74) is 10.7. The number of aryl methyl sites for hydroxylation is 2. The molecule has 108 valence electrons. The minimum Gasteiger partial charge on any atom is -0.328 e. The third-order valence-electron chi connectivity index (χ3n) is 3.38. The normalized spacial score (nSPS) is 12.7. The van der Waals surface area contributed by atoms with E-state index >= 15 is 0 Å². The molecule has 1 unspecified atom stereocenters. The van der Waals surface area contributed by atoms with E-state index in [1.807, 2.05) is 6.92 Å². The Morgan fingerprint density at radius 2 is 2.00 bits per heavy atom. The Hall–Kier alpha value is -1.13. The molecular formula is C16H22BrN3. The first kappa shape index (κ1) is 15.3. The molecule has 0 amide bonds. The Kier molecular flexibility index (Phi) is 5.00. The van der Waals surface area contributed by atoms with Crippen LogP contribution in [0.2, 0.25) is 0 Å². The van der Waals surface area contributed by atoms with Crippen LogP contribution in [0.25, 0.3) is 5.69 Å². The number of benzene rings is 1. The molecule has 1 heterocycles. The van der Waals surface area contributed by atoms with Crippen LogP contribution >= 0.6 is 15.9 Å². The third-order valence-corrected chi connectivity index (χ3v) is 3.87. The van der Waals surface area contributed by atoms with E-state index in [0.717, 1.165) is 35.1 Å². The van der Waals surface area contributed by atoms with Crippen molar-refractivity contribution in [3.63, 3.8) is 0 Å². The predicted octanol–water partition coefficient (Wildman–Crippen LogP) is 3.65. The minimum absolute atomic E-state index is 0.140. The summed E-state index contributed by atoms with van der Waals surface area (Å²) in [5, 5.41) is 4.73. The van der Waals surface area contributed by atoms with Gasteiger partial charge in [0.25, 0.3) is 0 Å². The zero-order valence-electron chi connectivity index (χ0n) is 12.4. The van der Waals surface area contributed by atoms with E-state index in [1.165, 1.54) is 11.3 Å². The van der Waals surface area contributed by atoms with Gasteiger partial charge in [0.2, 0.25) is 0 Å². The van der Waals surface area contributed by atoms with E-state index in [-0.39, 0.29) is 6.04 Å². The van der Waals surface area contributed by atoms with E-state index in [0.29, 0.717) is 0 Å².